The van der Waals surface area contributed by atoms with E-state index in [9.17, 15) is 9.46 Å². The van der Waals surface area contributed by atoms with E-state index in [1.54, 1.807) is 20.8 Å². The van der Waals surface area contributed by atoms with Gasteiger partial charge >= 0.3 is 7.15 Å². The maximum absolute atomic E-state index is 10.6. The SMILES string of the molecule is CC(C)(C)P(O)(=S)N[P+](=O)S. The third-order valence-corrected chi connectivity index (χ3v) is 7.90. The molecule has 3 nitrogen and oxygen atoms in total. The van der Waals surface area contributed by atoms with Gasteiger partial charge in [0.25, 0.3) is 0 Å². The Morgan fingerprint density at radius 2 is 2.00 bits per heavy atom. The highest BCUT2D eigenvalue weighted by atomic mass is 32.7. The van der Waals surface area contributed by atoms with Crippen LogP contribution in [0.25, 0.3) is 0 Å². The Morgan fingerprint density at radius 1 is 1.64 bits per heavy atom. The van der Waals surface area contributed by atoms with E-state index in [4.69, 9.17) is 11.8 Å². The van der Waals surface area contributed by atoms with Crippen LogP contribution in [0, 0.1) is 0 Å². The Labute approximate surface area is 78.1 Å². The molecule has 0 radical (unpaired) electrons. The van der Waals surface area contributed by atoms with Crippen LogP contribution in [0.4, 0.5) is 0 Å². The molecule has 0 saturated carbocycles. The van der Waals surface area contributed by atoms with Crippen LogP contribution in [-0.2, 0) is 16.4 Å². The number of hydrogen-bond donors (Lipinski definition) is 3. The first-order valence-corrected chi connectivity index (χ1v) is 8.10. The highest BCUT2D eigenvalue weighted by Gasteiger charge is 2.35. The molecule has 0 heterocycles. The van der Waals surface area contributed by atoms with Gasteiger partial charge in [-0.25, -0.2) is 0 Å². The monoisotopic (exact) mass is 232 g/mol. The zero-order valence-corrected chi connectivity index (χ0v) is 10.1. The maximum Gasteiger partial charge on any atom is 0.510 e. The Bertz CT molecular complexity index is 213. The molecular weight excluding hydrogens is 220 g/mol. The third-order valence-electron chi connectivity index (χ3n) is 1.13. The average molecular weight is 232 g/mol. The van der Waals surface area contributed by atoms with E-state index < -0.39 is 18.7 Å². The number of nitrogens with one attached hydrogen (secondary N) is 1. The molecule has 0 aromatic carbocycles. The summed E-state index contributed by atoms with van der Waals surface area (Å²) < 4.78 is 10.6. The molecule has 0 fully saturated rings. The Hall–Kier alpha value is 1.02. The Morgan fingerprint density at radius 3 is 2.09 bits per heavy atom. The first kappa shape index (κ1) is 12.0. The molecule has 2 unspecified atom stereocenters. The summed E-state index contributed by atoms with van der Waals surface area (Å²) in [5.74, 6) is 0. The van der Waals surface area contributed by atoms with Crippen LogP contribution in [0.1, 0.15) is 20.8 Å². The van der Waals surface area contributed by atoms with Crippen molar-refractivity contribution in [3.05, 3.63) is 0 Å². The van der Waals surface area contributed by atoms with E-state index in [1.807, 2.05) is 0 Å². The van der Waals surface area contributed by atoms with Crippen LogP contribution in [0.15, 0.2) is 0 Å². The molecule has 11 heavy (non-hydrogen) atoms. The summed E-state index contributed by atoms with van der Waals surface area (Å²) in [6, 6.07) is 0. The van der Waals surface area contributed by atoms with Crippen molar-refractivity contribution in [2.45, 2.75) is 25.9 Å². The zero-order valence-electron chi connectivity index (χ0n) is 6.61. The fraction of sp³-hybridized carbons (Fsp3) is 1.00. The molecule has 66 valence electrons. The van der Waals surface area contributed by atoms with Gasteiger partial charge in [-0.2, -0.15) is 0 Å². The largest absolute Gasteiger partial charge is 0.510 e. The second kappa shape index (κ2) is 3.82. The molecule has 0 aliphatic rings. The molecular formula is C4H12NO2P2S2+. The van der Waals surface area contributed by atoms with Crippen molar-refractivity contribution in [3.63, 3.8) is 0 Å². The number of hydrogen-bond acceptors (Lipinski definition) is 2. The summed E-state index contributed by atoms with van der Waals surface area (Å²) in [5, 5.41) is -0.434. The number of thiol groups is 1. The normalized spacial score (nSPS) is 19.2. The van der Waals surface area contributed by atoms with Crippen LogP contribution >= 0.6 is 25.8 Å². The van der Waals surface area contributed by atoms with Crippen molar-refractivity contribution in [1.82, 2.24) is 4.86 Å². The van der Waals surface area contributed by atoms with Gasteiger partial charge in [-0.1, -0.05) is 20.8 Å². The van der Waals surface area contributed by atoms with Crippen LogP contribution in [0.5, 0.6) is 0 Å². The van der Waals surface area contributed by atoms with E-state index >= 15 is 0 Å². The minimum absolute atomic E-state index is 0.434. The third kappa shape index (κ3) is 3.97. The van der Waals surface area contributed by atoms with Crippen molar-refractivity contribution in [3.8, 4) is 0 Å². The number of rotatable bonds is 2. The summed E-state index contributed by atoms with van der Waals surface area (Å²) in [7, 11) is -1.86. The minimum atomic E-state index is -2.71. The first-order chi connectivity index (χ1) is 4.67. The molecule has 7 heteroatoms. The minimum Gasteiger partial charge on any atom is -0.351 e. The van der Waals surface area contributed by atoms with Gasteiger partial charge in [0, 0.05) is 5.16 Å². The van der Waals surface area contributed by atoms with Crippen molar-refractivity contribution in [2.75, 3.05) is 0 Å². The van der Waals surface area contributed by atoms with Gasteiger partial charge in [0.15, 0.2) is 6.42 Å². The lowest BCUT2D eigenvalue weighted by molar-refractivity contribution is 0.563. The topological polar surface area (TPSA) is 49.3 Å². The standard InChI is InChI=1S/C4H11NO2P2S2/c1-4(2,3)9(7,11)5-8(6)10/h1-3H3,(H2-,5,6,7,10,11)/p+1. The molecule has 0 aliphatic carbocycles. The predicted molar refractivity (Wildman–Crippen MR) is 56.0 cm³/mol. The highest BCUT2D eigenvalue weighted by Crippen LogP contribution is 2.54. The fourth-order valence-corrected chi connectivity index (χ4v) is 4.77. The first-order valence-electron chi connectivity index (χ1n) is 2.94. The summed E-state index contributed by atoms with van der Waals surface area (Å²) in [6.45, 7) is 5.40. The molecule has 0 spiro atoms. The van der Waals surface area contributed by atoms with Gasteiger partial charge in [0.2, 0.25) is 0 Å². The van der Waals surface area contributed by atoms with Gasteiger partial charge in [-0.3, -0.25) is 0 Å². The van der Waals surface area contributed by atoms with Gasteiger partial charge in [0.1, 0.15) is 12.2 Å². The van der Waals surface area contributed by atoms with E-state index in [0.717, 1.165) is 0 Å². The van der Waals surface area contributed by atoms with Crippen LogP contribution in [0.3, 0.4) is 0 Å². The molecule has 0 saturated heterocycles. The molecule has 2 atom stereocenters. The summed E-state index contributed by atoms with van der Waals surface area (Å²) in [5.41, 5.74) is 0. The Balaban J connectivity index is 4.49. The summed E-state index contributed by atoms with van der Waals surface area (Å²) >= 11 is 8.50. The van der Waals surface area contributed by atoms with Gasteiger partial charge < -0.3 is 4.89 Å². The molecule has 0 aromatic heterocycles. The fourth-order valence-electron chi connectivity index (χ4n) is 0.266. The summed E-state index contributed by atoms with van der Waals surface area (Å²) in [4.78, 5) is 12.0. The quantitative estimate of drug-likeness (QED) is 0.505. The average Bonchev–Trinajstić information content (AvgIpc) is 1.56. The molecule has 0 bridgehead atoms. The lowest BCUT2D eigenvalue weighted by atomic mass is 10.3. The smallest absolute Gasteiger partial charge is 0.351 e. The van der Waals surface area contributed by atoms with Crippen LogP contribution in [-0.4, -0.2) is 10.0 Å². The van der Waals surface area contributed by atoms with Crippen molar-refractivity contribution >= 4 is 37.6 Å². The molecule has 0 aromatic rings. The maximum atomic E-state index is 10.6. The highest BCUT2D eigenvalue weighted by molar-refractivity contribution is 8.41. The van der Waals surface area contributed by atoms with Crippen molar-refractivity contribution < 1.29 is 9.46 Å². The van der Waals surface area contributed by atoms with Crippen molar-refractivity contribution in [1.29, 1.82) is 0 Å². The lowest BCUT2D eigenvalue weighted by Crippen LogP contribution is -2.20. The van der Waals surface area contributed by atoms with Gasteiger partial charge in [-0.05, 0) is 21.2 Å². The van der Waals surface area contributed by atoms with Gasteiger partial charge in [-0.15, -0.1) is 0 Å². The predicted octanol–water partition coefficient (Wildman–Crippen LogP) is 2.26. The van der Waals surface area contributed by atoms with Crippen molar-refractivity contribution in [2.24, 2.45) is 0 Å². The van der Waals surface area contributed by atoms with Gasteiger partial charge in [0.05, 0.1) is 0 Å². The van der Waals surface area contributed by atoms with E-state index in [-0.39, 0.29) is 0 Å². The zero-order chi connectivity index (χ0) is 9.28. The van der Waals surface area contributed by atoms with Crippen LogP contribution < -0.4 is 4.86 Å². The summed E-state index contributed by atoms with van der Waals surface area (Å²) in [6.07, 6.45) is -2.71. The van der Waals surface area contributed by atoms with Crippen LogP contribution in [0.2, 0.25) is 0 Å². The molecule has 0 amide bonds. The Kier molecular flexibility index (Phi) is 4.17. The second-order valence-electron chi connectivity index (χ2n) is 3.12. The second-order valence-corrected chi connectivity index (χ2v) is 9.63. The van der Waals surface area contributed by atoms with E-state index in [2.05, 4.69) is 17.1 Å². The lowest BCUT2D eigenvalue weighted by Gasteiger charge is -2.25. The molecule has 0 rings (SSSR count). The molecule has 2 N–H and O–H groups in total. The van der Waals surface area contributed by atoms with E-state index in [0.29, 0.717) is 0 Å². The van der Waals surface area contributed by atoms with E-state index in [1.165, 1.54) is 0 Å². The molecule has 0 aliphatic heterocycles.